The largest absolute Gasteiger partial charge is 0.496 e. The first kappa shape index (κ1) is 18.7. The molecule has 2 rings (SSSR count). The summed E-state index contributed by atoms with van der Waals surface area (Å²) >= 11 is 0. The molecule has 0 spiro atoms. The molecule has 0 radical (unpaired) electrons. The van der Waals surface area contributed by atoms with Gasteiger partial charge in [0.05, 0.1) is 12.0 Å². The number of likely N-dealkylation sites (N-methyl/N-ethyl adjacent to an activating group) is 1. The number of methoxy groups -OCH3 is 1. The maximum Gasteiger partial charge on any atom is 0.243 e. The van der Waals surface area contributed by atoms with Crippen molar-refractivity contribution in [3.05, 3.63) is 65.7 Å². The van der Waals surface area contributed by atoms with E-state index < -0.39 is 10.0 Å². The molecule has 0 aliphatic rings. The van der Waals surface area contributed by atoms with Crippen LogP contribution in [0.15, 0.2) is 59.5 Å². The van der Waals surface area contributed by atoms with Crippen molar-refractivity contribution in [2.75, 3.05) is 14.2 Å². The zero-order valence-corrected chi connectivity index (χ0v) is 14.8. The highest BCUT2D eigenvalue weighted by Crippen LogP contribution is 2.18. The van der Waals surface area contributed by atoms with Gasteiger partial charge >= 0.3 is 0 Å². The highest BCUT2D eigenvalue weighted by Gasteiger charge is 2.14. The van der Waals surface area contributed by atoms with E-state index in [1.165, 1.54) is 25.3 Å². The van der Waals surface area contributed by atoms with Crippen LogP contribution in [0.4, 0.5) is 0 Å². The first-order valence-electron chi connectivity index (χ1n) is 7.57. The second kappa shape index (κ2) is 8.46. The molecule has 0 bridgehead atoms. The van der Waals surface area contributed by atoms with Crippen molar-refractivity contribution >= 4 is 22.0 Å². The number of benzene rings is 2. The molecule has 25 heavy (non-hydrogen) atoms. The lowest BCUT2D eigenvalue weighted by Gasteiger charge is -2.10. The van der Waals surface area contributed by atoms with Gasteiger partial charge in [0.1, 0.15) is 5.75 Å². The average molecular weight is 360 g/mol. The van der Waals surface area contributed by atoms with Gasteiger partial charge in [-0.25, -0.2) is 13.1 Å². The summed E-state index contributed by atoms with van der Waals surface area (Å²) in [5.74, 6) is 0.398. The second-order valence-corrected chi connectivity index (χ2v) is 6.92. The van der Waals surface area contributed by atoms with Gasteiger partial charge in [-0.15, -0.1) is 0 Å². The molecular formula is C18H20N2O4S. The lowest BCUT2D eigenvalue weighted by molar-refractivity contribution is -0.115. The summed E-state index contributed by atoms with van der Waals surface area (Å²) in [5.41, 5.74) is 1.48. The fourth-order valence-electron chi connectivity index (χ4n) is 2.12. The third-order valence-electron chi connectivity index (χ3n) is 3.51. The Kier molecular flexibility index (Phi) is 6.32. The Labute approximate surface area is 147 Å². The van der Waals surface area contributed by atoms with Gasteiger partial charge in [-0.05, 0) is 29.8 Å². The Morgan fingerprint density at radius 1 is 1.12 bits per heavy atom. The minimum absolute atomic E-state index is 0.130. The van der Waals surface area contributed by atoms with Crippen LogP contribution in [-0.2, 0) is 21.4 Å². The van der Waals surface area contributed by atoms with Crippen LogP contribution in [0, 0.1) is 0 Å². The molecule has 0 unspecified atom stereocenters. The van der Waals surface area contributed by atoms with Crippen molar-refractivity contribution in [3.8, 4) is 5.75 Å². The molecule has 6 nitrogen and oxygen atoms in total. The molecular weight excluding hydrogens is 340 g/mol. The third kappa shape index (κ3) is 5.17. The van der Waals surface area contributed by atoms with Crippen molar-refractivity contribution in [2.24, 2.45) is 0 Å². The third-order valence-corrected chi connectivity index (χ3v) is 4.93. The van der Waals surface area contributed by atoms with Gasteiger partial charge in [0, 0.05) is 25.2 Å². The zero-order chi connectivity index (χ0) is 18.3. The lowest BCUT2D eigenvalue weighted by atomic mass is 10.2. The van der Waals surface area contributed by atoms with Crippen molar-refractivity contribution in [1.82, 2.24) is 10.0 Å². The summed E-state index contributed by atoms with van der Waals surface area (Å²) in [5, 5.41) is 2.47. The summed E-state index contributed by atoms with van der Waals surface area (Å²) in [6, 6.07) is 13.5. The van der Waals surface area contributed by atoms with Crippen molar-refractivity contribution in [1.29, 1.82) is 0 Å². The molecule has 2 aromatic rings. The molecule has 0 saturated heterocycles. The minimum atomic E-state index is -3.65. The van der Waals surface area contributed by atoms with Gasteiger partial charge in [0.25, 0.3) is 0 Å². The second-order valence-electron chi connectivity index (χ2n) is 5.15. The zero-order valence-electron chi connectivity index (χ0n) is 14.0. The monoisotopic (exact) mass is 360 g/mol. The Bertz CT molecular complexity index is 859. The van der Waals surface area contributed by atoms with Crippen LogP contribution in [0.1, 0.15) is 11.1 Å². The number of para-hydroxylation sites is 1. The highest BCUT2D eigenvalue weighted by molar-refractivity contribution is 7.89. The summed E-state index contributed by atoms with van der Waals surface area (Å²) < 4.78 is 32.6. The summed E-state index contributed by atoms with van der Waals surface area (Å²) in [4.78, 5) is 11.3. The maximum absolute atomic E-state index is 12.4. The van der Waals surface area contributed by atoms with Crippen LogP contribution in [0.25, 0.3) is 6.08 Å². The van der Waals surface area contributed by atoms with Crippen molar-refractivity contribution < 1.29 is 17.9 Å². The number of ether oxygens (including phenoxy) is 1. The molecule has 2 aromatic carbocycles. The number of rotatable bonds is 7. The van der Waals surface area contributed by atoms with Gasteiger partial charge in [-0.3, -0.25) is 4.79 Å². The Morgan fingerprint density at radius 3 is 2.44 bits per heavy atom. The number of hydrogen-bond acceptors (Lipinski definition) is 4. The predicted molar refractivity (Wildman–Crippen MR) is 96.6 cm³/mol. The summed E-state index contributed by atoms with van der Waals surface area (Å²) in [7, 11) is -0.568. The Morgan fingerprint density at radius 2 is 1.80 bits per heavy atom. The highest BCUT2D eigenvalue weighted by atomic mass is 32.2. The van der Waals surface area contributed by atoms with Gasteiger partial charge in [-0.1, -0.05) is 30.3 Å². The van der Waals surface area contributed by atoms with E-state index in [4.69, 9.17) is 4.74 Å². The van der Waals surface area contributed by atoms with Crippen LogP contribution >= 0.6 is 0 Å². The van der Waals surface area contributed by atoms with E-state index in [0.717, 1.165) is 11.1 Å². The molecule has 0 heterocycles. The lowest BCUT2D eigenvalue weighted by Crippen LogP contribution is -2.23. The molecule has 132 valence electrons. The average Bonchev–Trinajstić information content (AvgIpc) is 2.65. The number of carbonyl (C=O) groups excluding carboxylic acids is 1. The van der Waals surface area contributed by atoms with Crippen LogP contribution in [0.2, 0.25) is 0 Å². The van der Waals surface area contributed by atoms with E-state index >= 15 is 0 Å². The van der Waals surface area contributed by atoms with E-state index in [0.29, 0.717) is 5.75 Å². The number of carbonyl (C=O) groups is 1. The van der Waals surface area contributed by atoms with Gasteiger partial charge in [0.15, 0.2) is 0 Å². The quantitative estimate of drug-likeness (QED) is 0.739. The summed E-state index contributed by atoms with van der Waals surface area (Å²) in [6.07, 6.45) is 2.99. The van der Waals surface area contributed by atoms with E-state index in [-0.39, 0.29) is 17.3 Å². The van der Waals surface area contributed by atoms with Crippen LogP contribution < -0.4 is 14.8 Å². The Hall–Kier alpha value is -2.64. The van der Waals surface area contributed by atoms with Gasteiger partial charge in [-0.2, -0.15) is 0 Å². The van der Waals surface area contributed by atoms with Gasteiger partial charge in [0.2, 0.25) is 15.9 Å². The molecule has 0 atom stereocenters. The normalized spacial score (nSPS) is 11.4. The SMILES string of the molecule is CNC(=O)/C=C/c1ccc(S(=O)(=O)NCc2ccccc2OC)cc1. The fraction of sp³-hybridized carbons (Fsp3) is 0.167. The Balaban J connectivity index is 2.09. The number of hydrogen-bond donors (Lipinski definition) is 2. The van der Waals surface area contributed by atoms with E-state index in [9.17, 15) is 13.2 Å². The molecule has 0 fully saturated rings. The van der Waals surface area contributed by atoms with Crippen LogP contribution in [0.5, 0.6) is 5.75 Å². The molecule has 2 N–H and O–H groups in total. The maximum atomic E-state index is 12.4. The summed E-state index contributed by atoms with van der Waals surface area (Å²) in [6.45, 7) is 0.130. The van der Waals surface area contributed by atoms with Crippen molar-refractivity contribution in [2.45, 2.75) is 11.4 Å². The van der Waals surface area contributed by atoms with E-state index in [1.54, 1.807) is 37.5 Å². The number of nitrogens with one attached hydrogen (secondary N) is 2. The molecule has 1 amide bonds. The fourth-order valence-corrected chi connectivity index (χ4v) is 3.13. The topological polar surface area (TPSA) is 84.5 Å². The molecule has 0 aliphatic heterocycles. The number of sulfonamides is 1. The van der Waals surface area contributed by atoms with Crippen LogP contribution in [-0.4, -0.2) is 28.5 Å². The number of amides is 1. The minimum Gasteiger partial charge on any atom is -0.496 e. The first-order valence-corrected chi connectivity index (χ1v) is 9.06. The van der Waals surface area contributed by atoms with E-state index in [2.05, 4.69) is 10.0 Å². The van der Waals surface area contributed by atoms with E-state index in [1.807, 2.05) is 12.1 Å². The molecule has 7 heteroatoms. The molecule has 0 aliphatic carbocycles. The molecule has 0 saturated carbocycles. The van der Waals surface area contributed by atoms with Crippen molar-refractivity contribution in [3.63, 3.8) is 0 Å². The van der Waals surface area contributed by atoms with Gasteiger partial charge < -0.3 is 10.1 Å². The molecule has 0 aromatic heterocycles. The smallest absolute Gasteiger partial charge is 0.243 e. The standard InChI is InChI=1S/C18H20N2O4S/c1-19-18(21)12-9-14-7-10-16(11-8-14)25(22,23)20-13-15-5-3-4-6-17(15)24-2/h3-12,20H,13H2,1-2H3,(H,19,21)/b12-9+. The predicted octanol–water partition coefficient (Wildman–Crippen LogP) is 1.93. The first-order chi connectivity index (χ1) is 12.0. The van der Waals surface area contributed by atoms with Crippen LogP contribution in [0.3, 0.4) is 0 Å².